The fourth-order valence-corrected chi connectivity index (χ4v) is 12.1. The van der Waals surface area contributed by atoms with Gasteiger partial charge in [0.15, 0.2) is 5.60 Å². The number of rotatable bonds is 31. The lowest BCUT2D eigenvalue weighted by atomic mass is 9.81. The Morgan fingerprint density at radius 3 is 1.96 bits per heavy atom. The highest BCUT2D eigenvalue weighted by molar-refractivity contribution is 9.09. The highest BCUT2D eigenvalue weighted by atomic mass is 79.9. The van der Waals surface area contributed by atoms with Crippen LogP contribution in [0.3, 0.4) is 0 Å². The third-order valence-corrected chi connectivity index (χ3v) is 17.2. The SMILES string of the molecule is CCC1(O)C(=O)OCc2c1cc1n(c2=O)Cc2c-1nc1cc(F)c(C)c3c1c2[C@H](NC(=O)[C@@H]1COCCN1C(=O)CNC(=O)CNC(=O)CNC(=O)CNC(=O)CNC(=O)CCOCCOCCOCCOCCNC(=O)c1ccc2nc(CBr)c(CBr)nc2c1)CC3. The van der Waals surface area contributed by atoms with Crippen LogP contribution in [0.4, 0.5) is 4.39 Å². The molecule has 0 saturated carbocycles. The number of amides is 8. The van der Waals surface area contributed by atoms with Gasteiger partial charge >= 0.3 is 5.97 Å². The Hall–Kier alpha value is -7.98. The number of fused-ring (bicyclic) bond motifs is 6. The van der Waals surface area contributed by atoms with Gasteiger partial charge in [-0.05, 0) is 67.1 Å². The molecule has 6 heterocycles. The maximum Gasteiger partial charge on any atom is 0.343 e. The maximum atomic E-state index is 15.5. The average molecular weight is 1420 g/mol. The monoisotopic (exact) mass is 1420 g/mol. The molecule has 1 fully saturated rings. The fraction of sp³-hybridized carbons (Fsp3) is 0.492. The largest absolute Gasteiger partial charge is 0.458 e. The van der Waals surface area contributed by atoms with Crippen molar-refractivity contribution in [1.82, 2.24) is 61.6 Å². The van der Waals surface area contributed by atoms with E-state index >= 15 is 4.39 Å². The van der Waals surface area contributed by atoms with Gasteiger partial charge in [-0.15, -0.1) is 0 Å². The molecule has 3 atom stereocenters. The molecule has 0 radical (unpaired) electrons. The van der Waals surface area contributed by atoms with E-state index in [9.17, 15) is 53.1 Å². The van der Waals surface area contributed by atoms with Gasteiger partial charge in [-0.2, -0.15) is 0 Å². The summed E-state index contributed by atoms with van der Waals surface area (Å²) in [6.07, 6.45) is 0.562. The number of esters is 1. The molecule has 2 aromatic carbocycles. The first-order chi connectivity index (χ1) is 44.8. The second-order valence-corrected chi connectivity index (χ2v) is 23.1. The predicted molar refractivity (Wildman–Crippen MR) is 335 cm³/mol. The molecule has 3 aromatic heterocycles. The fourth-order valence-electron chi connectivity index (χ4n) is 11.2. The van der Waals surface area contributed by atoms with Crippen molar-refractivity contribution < 1.29 is 81.1 Å². The summed E-state index contributed by atoms with van der Waals surface area (Å²) in [6, 6.07) is 6.18. The number of cyclic esters (lactones) is 1. The molecule has 29 nitrogen and oxygen atoms in total. The molecule has 1 aliphatic carbocycles. The smallest absolute Gasteiger partial charge is 0.343 e. The van der Waals surface area contributed by atoms with E-state index in [1.54, 1.807) is 38.1 Å². The molecule has 8 amide bonds. The van der Waals surface area contributed by atoms with Crippen molar-refractivity contribution in [3.8, 4) is 11.4 Å². The van der Waals surface area contributed by atoms with Crippen LogP contribution in [0.1, 0.15) is 87.4 Å². The van der Waals surface area contributed by atoms with Crippen LogP contribution in [-0.4, -0.2) is 201 Å². The predicted octanol–water partition coefficient (Wildman–Crippen LogP) is 0.0585. The van der Waals surface area contributed by atoms with Gasteiger partial charge < -0.3 is 80.2 Å². The number of hydrogen-bond acceptors (Lipinski definition) is 20. The Morgan fingerprint density at radius 2 is 1.32 bits per heavy atom. The Kier molecular flexibility index (Phi) is 24.0. The number of nitrogens with zero attached hydrogens (tertiary/aromatic N) is 5. The molecule has 498 valence electrons. The molecule has 0 spiro atoms. The number of alkyl halides is 2. The van der Waals surface area contributed by atoms with Crippen LogP contribution >= 0.6 is 31.9 Å². The van der Waals surface area contributed by atoms with E-state index in [2.05, 4.69) is 79.0 Å². The molecule has 5 aromatic rings. The van der Waals surface area contributed by atoms with Gasteiger partial charge in [0.25, 0.3) is 11.5 Å². The summed E-state index contributed by atoms with van der Waals surface area (Å²) in [5.41, 5.74) is 4.31. The van der Waals surface area contributed by atoms with Crippen LogP contribution < -0.4 is 42.8 Å². The van der Waals surface area contributed by atoms with E-state index in [0.29, 0.717) is 119 Å². The number of carbonyl (C=O) groups is 9. The summed E-state index contributed by atoms with van der Waals surface area (Å²) in [5, 5.41) is 30.8. The van der Waals surface area contributed by atoms with Crippen molar-refractivity contribution in [2.75, 3.05) is 112 Å². The average Bonchev–Trinajstić information content (AvgIpc) is 1.62. The normalized spacial score (nSPS) is 17.0. The quantitative estimate of drug-likeness (QED) is 0.0162. The van der Waals surface area contributed by atoms with Gasteiger partial charge in [0.2, 0.25) is 41.4 Å². The molecule has 3 aliphatic heterocycles. The number of benzene rings is 2. The molecule has 1 unspecified atom stereocenters. The van der Waals surface area contributed by atoms with Crippen LogP contribution in [0.2, 0.25) is 0 Å². The number of pyridine rings is 2. The van der Waals surface area contributed by atoms with Crippen LogP contribution in [0.5, 0.6) is 0 Å². The topological polar surface area (TPSA) is 377 Å². The second-order valence-electron chi connectivity index (χ2n) is 22.0. The van der Waals surface area contributed by atoms with E-state index in [1.165, 1.54) is 15.5 Å². The van der Waals surface area contributed by atoms with E-state index in [-0.39, 0.29) is 88.1 Å². The lowest BCUT2D eigenvalue weighted by Gasteiger charge is -2.36. The summed E-state index contributed by atoms with van der Waals surface area (Å²) < 4.78 is 49.7. The number of hydrogen-bond donors (Lipinski definition) is 8. The number of aliphatic hydroxyl groups is 1. The molecule has 8 N–H and O–H groups in total. The molecule has 0 bridgehead atoms. The third-order valence-electron chi connectivity index (χ3n) is 16.1. The summed E-state index contributed by atoms with van der Waals surface area (Å²) >= 11 is 6.85. The number of morpholine rings is 1. The third kappa shape index (κ3) is 16.7. The standard InChI is InChI=1S/C61H71Br2FN12O17/c1-3-61(87)38-21-46-56-36(30-76(46)59(85)37(38)31-93-60(61)86)55-41(7-5-35-33(2)39(64)22-43(73-56)54(35)55)74-58(84)47-32-92-13-10-75(47)53(82)29-70-52(81)28-69-51(80)27-68-50(79)26-67-49(78)25-66-48(77)8-11-88-14-16-90-18-19-91-17-15-89-12-9-65-57(83)34-4-6-40-42(20-34)72-45(24-63)44(23-62)71-40/h4,6,20-22,41,47,87H,3,5,7-19,23-32H2,1-2H3,(H,65,83)(H,66,77)(H,67,78)(H,68,79)(H,69,80)(H,70,81)(H,74,84)/t41-,47+,61?/m1/s1. The maximum absolute atomic E-state index is 15.5. The molecule has 32 heteroatoms. The molecular weight excluding hydrogens is 1350 g/mol. The van der Waals surface area contributed by atoms with E-state index in [1.807, 2.05) is 0 Å². The molecular formula is C61H71Br2FN12O17. The van der Waals surface area contributed by atoms with Gasteiger partial charge in [-0.3, -0.25) is 43.2 Å². The second kappa shape index (κ2) is 32.2. The Labute approximate surface area is 548 Å². The van der Waals surface area contributed by atoms with Crippen molar-refractivity contribution >= 4 is 107 Å². The Morgan fingerprint density at radius 1 is 0.720 bits per heavy atom. The zero-order chi connectivity index (χ0) is 66.3. The Bertz CT molecular complexity index is 3780. The van der Waals surface area contributed by atoms with Gasteiger partial charge in [-0.1, -0.05) is 38.8 Å². The number of aromatic nitrogens is 4. The van der Waals surface area contributed by atoms with Crippen molar-refractivity contribution in [2.45, 2.75) is 81.0 Å². The Balaban J connectivity index is 0.606. The first kappa shape index (κ1) is 69.4. The minimum absolute atomic E-state index is 0.00247. The first-order valence-corrected chi connectivity index (χ1v) is 32.4. The lowest BCUT2D eigenvalue weighted by Crippen LogP contribution is -2.58. The summed E-state index contributed by atoms with van der Waals surface area (Å²) in [7, 11) is 0. The van der Waals surface area contributed by atoms with Crippen LogP contribution in [-0.2, 0) is 103 Å². The van der Waals surface area contributed by atoms with E-state index < -0.39 is 109 Å². The van der Waals surface area contributed by atoms with E-state index in [4.69, 9.17) is 33.4 Å². The van der Waals surface area contributed by atoms with Gasteiger partial charge in [-0.25, -0.2) is 24.1 Å². The van der Waals surface area contributed by atoms with Crippen molar-refractivity contribution in [2.24, 2.45) is 0 Å². The van der Waals surface area contributed by atoms with Crippen LogP contribution in [0.15, 0.2) is 35.1 Å². The molecule has 93 heavy (non-hydrogen) atoms. The zero-order valence-electron chi connectivity index (χ0n) is 51.1. The van der Waals surface area contributed by atoms with Gasteiger partial charge in [0.1, 0.15) is 18.5 Å². The number of nitrogens with one attached hydrogen (secondary N) is 7. The number of carbonyl (C=O) groups excluding carboxylic acids is 9. The lowest BCUT2D eigenvalue weighted by molar-refractivity contribution is -0.172. The number of halogens is 3. The van der Waals surface area contributed by atoms with Gasteiger partial charge in [0, 0.05) is 58.3 Å². The van der Waals surface area contributed by atoms with E-state index in [0.717, 1.165) is 11.4 Å². The summed E-state index contributed by atoms with van der Waals surface area (Å²) in [6.45, 7) is 2.63. The number of ether oxygens (including phenoxy) is 6. The van der Waals surface area contributed by atoms with Crippen molar-refractivity contribution in [3.05, 3.63) is 96.8 Å². The molecule has 1 saturated heterocycles. The van der Waals surface area contributed by atoms with Crippen molar-refractivity contribution in [1.29, 1.82) is 0 Å². The summed E-state index contributed by atoms with van der Waals surface area (Å²) in [5.74, 6) is -6.22. The van der Waals surface area contributed by atoms with Crippen molar-refractivity contribution in [3.63, 3.8) is 0 Å². The molecule has 4 aliphatic rings. The zero-order valence-corrected chi connectivity index (χ0v) is 54.2. The highest BCUT2D eigenvalue weighted by Crippen LogP contribution is 2.46. The highest BCUT2D eigenvalue weighted by Gasteiger charge is 2.46. The van der Waals surface area contributed by atoms with Gasteiger partial charge in [0.05, 0.1) is 156 Å². The minimum Gasteiger partial charge on any atom is -0.458 e. The molecule has 9 rings (SSSR count). The minimum atomic E-state index is -2.08. The summed E-state index contributed by atoms with van der Waals surface area (Å²) in [4.78, 5) is 145. The number of aryl methyl sites for hydroxylation is 1. The first-order valence-electron chi connectivity index (χ1n) is 30.2. The van der Waals surface area contributed by atoms with Crippen LogP contribution in [0, 0.1) is 12.7 Å². The van der Waals surface area contributed by atoms with Crippen LogP contribution in [0.25, 0.3) is 33.3 Å².